The molecule has 0 aliphatic carbocycles. The Labute approximate surface area is 116 Å². The normalized spacial score (nSPS) is 14.1. The average molecular weight is 266 g/mol. The second-order valence-electron chi connectivity index (χ2n) is 5.24. The van der Waals surface area contributed by atoms with Crippen molar-refractivity contribution < 1.29 is 9.21 Å². The number of amides is 1. The second-order valence-corrected chi connectivity index (χ2v) is 5.24. The van der Waals surface area contributed by atoms with E-state index < -0.39 is 0 Å². The third-order valence-electron chi connectivity index (χ3n) is 3.34. The van der Waals surface area contributed by atoms with Crippen LogP contribution in [0.15, 0.2) is 22.8 Å². The molecule has 19 heavy (non-hydrogen) atoms. The molecule has 1 rings (SSSR count). The predicted molar refractivity (Wildman–Crippen MR) is 76.5 cm³/mol. The van der Waals surface area contributed by atoms with Gasteiger partial charge >= 0.3 is 0 Å². The van der Waals surface area contributed by atoms with E-state index in [0.717, 1.165) is 25.0 Å². The SMILES string of the molecule is CCN(Cc1ccco1)C(=O)C(C)CCCC(C)N. The summed E-state index contributed by atoms with van der Waals surface area (Å²) in [6.07, 6.45) is 4.51. The maximum absolute atomic E-state index is 12.3. The molecule has 0 aliphatic rings. The molecule has 0 saturated heterocycles. The van der Waals surface area contributed by atoms with Gasteiger partial charge in [0.2, 0.25) is 5.91 Å². The van der Waals surface area contributed by atoms with Crippen LogP contribution in [0.25, 0.3) is 0 Å². The first-order chi connectivity index (χ1) is 9.04. The highest BCUT2D eigenvalue weighted by molar-refractivity contribution is 5.78. The van der Waals surface area contributed by atoms with E-state index in [4.69, 9.17) is 10.2 Å². The van der Waals surface area contributed by atoms with Gasteiger partial charge in [0.15, 0.2) is 0 Å². The van der Waals surface area contributed by atoms with Gasteiger partial charge in [0.25, 0.3) is 0 Å². The van der Waals surface area contributed by atoms with Crippen molar-refractivity contribution in [3.63, 3.8) is 0 Å². The van der Waals surface area contributed by atoms with Crippen LogP contribution in [0.2, 0.25) is 0 Å². The summed E-state index contributed by atoms with van der Waals surface area (Å²) in [5, 5.41) is 0. The lowest BCUT2D eigenvalue weighted by Gasteiger charge is -2.23. The third kappa shape index (κ3) is 5.47. The van der Waals surface area contributed by atoms with E-state index in [1.807, 2.05) is 37.8 Å². The number of rotatable bonds is 8. The number of nitrogens with zero attached hydrogens (tertiary/aromatic N) is 1. The predicted octanol–water partition coefficient (Wildman–Crippen LogP) is 2.78. The van der Waals surface area contributed by atoms with E-state index in [1.165, 1.54) is 0 Å². The van der Waals surface area contributed by atoms with Crippen LogP contribution in [-0.2, 0) is 11.3 Å². The number of hydrogen-bond donors (Lipinski definition) is 1. The first kappa shape index (κ1) is 15.8. The minimum absolute atomic E-state index is 0.0497. The number of carbonyl (C=O) groups excluding carboxylic acids is 1. The minimum Gasteiger partial charge on any atom is -0.467 e. The zero-order valence-electron chi connectivity index (χ0n) is 12.3. The molecule has 0 fully saturated rings. The van der Waals surface area contributed by atoms with Crippen LogP contribution in [0.1, 0.15) is 45.8 Å². The first-order valence-electron chi connectivity index (χ1n) is 7.11. The van der Waals surface area contributed by atoms with E-state index >= 15 is 0 Å². The Balaban J connectivity index is 2.43. The molecule has 4 nitrogen and oxygen atoms in total. The number of carbonyl (C=O) groups is 1. The summed E-state index contributed by atoms with van der Waals surface area (Å²) >= 11 is 0. The van der Waals surface area contributed by atoms with Crippen LogP contribution in [-0.4, -0.2) is 23.4 Å². The standard InChI is InChI=1S/C15H26N2O2/c1-4-17(11-14-9-6-10-19-14)15(18)12(2)7-5-8-13(3)16/h6,9-10,12-13H,4-5,7-8,11,16H2,1-3H3. The molecule has 0 saturated carbocycles. The van der Waals surface area contributed by atoms with E-state index in [2.05, 4.69) is 0 Å². The van der Waals surface area contributed by atoms with Crippen LogP contribution >= 0.6 is 0 Å². The molecule has 1 amide bonds. The van der Waals surface area contributed by atoms with E-state index in [0.29, 0.717) is 13.1 Å². The Bertz CT molecular complexity index is 360. The second kappa shape index (κ2) is 8.00. The molecule has 2 atom stereocenters. The van der Waals surface area contributed by atoms with Crippen LogP contribution in [0.4, 0.5) is 0 Å². The van der Waals surface area contributed by atoms with Gasteiger partial charge in [-0.05, 0) is 38.8 Å². The lowest BCUT2D eigenvalue weighted by atomic mass is 10.0. The molecule has 1 heterocycles. The lowest BCUT2D eigenvalue weighted by molar-refractivity contribution is -0.135. The Morgan fingerprint density at radius 3 is 2.68 bits per heavy atom. The molecule has 0 spiro atoms. The Hall–Kier alpha value is -1.29. The van der Waals surface area contributed by atoms with E-state index in [9.17, 15) is 4.79 Å². The zero-order chi connectivity index (χ0) is 14.3. The van der Waals surface area contributed by atoms with Gasteiger partial charge in [-0.15, -0.1) is 0 Å². The van der Waals surface area contributed by atoms with Crippen molar-refractivity contribution >= 4 is 5.91 Å². The summed E-state index contributed by atoms with van der Waals surface area (Å²) in [7, 11) is 0. The van der Waals surface area contributed by atoms with Crippen LogP contribution in [0.3, 0.4) is 0 Å². The van der Waals surface area contributed by atoms with Crippen molar-refractivity contribution in [2.75, 3.05) is 6.54 Å². The topological polar surface area (TPSA) is 59.5 Å². The van der Waals surface area contributed by atoms with E-state index in [-0.39, 0.29) is 17.9 Å². The highest BCUT2D eigenvalue weighted by Gasteiger charge is 2.20. The fourth-order valence-corrected chi connectivity index (χ4v) is 2.12. The fraction of sp³-hybridized carbons (Fsp3) is 0.667. The fourth-order valence-electron chi connectivity index (χ4n) is 2.12. The molecular formula is C15H26N2O2. The summed E-state index contributed by atoms with van der Waals surface area (Å²) < 4.78 is 5.30. The molecule has 0 aliphatic heterocycles. The van der Waals surface area contributed by atoms with Gasteiger partial charge in [-0.2, -0.15) is 0 Å². The van der Waals surface area contributed by atoms with Crippen molar-refractivity contribution in [1.82, 2.24) is 4.90 Å². The smallest absolute Gasteiger partial charge is 0.225 e. The van der Waals surface area contributed by atoms with Gasteiger partial charge < -0.3 is 15.1 Å². The first-order valence-corrected chi connectivity index (χ1v) is 7.11. The Morgan fingerprint density at radius 1 is 1.42 bits per heavy atom. The average Bonchev–Trinajstić information content (AvgIpc) is 2.87. The largest absolute Gasteiger partial charge is 0.467 e. The molecule has 4 heteroatoms. The van der Waals surface area contributed by atoms with Gasteiger partial charge in [-0.1, -0.05) is 13.3 Å². The molecule has 1 aromatic rings. The molecule has 0 bridgehead atoms. The molecule has 0 aromatic carbocycles. The number of hydrogen-bond acceptors (Lipinski definition) is 3. The van der Waals surface area contributed by atoms with Crippen molar-refractivity contribution in [3.05, 3.63) is 24.2 Å². The molecule has 2 N–H and O–H groups in total. The third-order valence-corrected chi connectivity index (χ3v) is 3.34. The summed E-state index contributed by atoms with van der Waals surface area (Å²) in [6.45, 7) is 7.25. The van der Waals surface area contributed by atoms with Crippen molar-refractivity contribution in [2.45, 2.75) is 52.6 Å². The van der Waals surface area contributed by atoms with Crippen LogP contribution < -0.4 is 5.73 Å². The van der Waals surface area contributed by atoms with Gasteiger partial charge in [0.05, 0.1) is 12.8 Å². The van der Waals surface area contributed by atoms with Gasteiger partial charge in [0, 0.05) is 18.5 Å². The molecule has 1 aromatic heterocycles. The maximum Gasteiger partial charge on any atom is 0.225 e. The quantitative estimate of drug-likeness (QED) is 0.787. The molecule has 108 valence electrons. The summed E-state index contributed by atoms with van der Waals surface area (Å²) in [5.41, 5.74) is 5.72. The highest BCUT2D eigenvalue weighted by atomic mass is 16.3. The summed E-state index contributed by atoms with van der Waals surface area (Å²) in [6, 6.07) is 3.96. The number of furan rings is 1. The zero-order valence-corrected chi connectivity index (χ0v) is 12.3. The van der Waals surface area contributed by atoms with Crippen LogP contribution in [0, 0.1) is 5.92 Å². The summed E-state index contributed by atoms with van der Waals surface area (Å²) in [5.74, 6) is 1.08. The van der Waals surface area contributed by atoms with E-state index in [1.54, 1.807) is 6.26 Å². The van der Waals surface area contributed by atoms with Gasteiger partial charge in [-0.25, -0.2) is 0 Å². The summed E-state index contributed by atoms with van der Waals surface area (Å²) in [4.78, 5) is 14.2. The van der Waals surface area contributed by atoms with Crippen LogP contribution in [0.5, 0.6) is 0 Å². The highest BCUT2D eigenvalue weighted by Crippen LogP contribution is 2.14. The monoisotopic (exact) mass is 266 g/mol. The molecular weight excluding hydrogens is 240 g/mol. The number of nitrogens with two attached hydrogens (primary N) is 1. The Kier molecular flexibility index (Phi) is 6.64. The van der Waals surface area contributed by atoms with Gasteiger partial charge in [-0.3, -0.25) is 4.79 Å². The van der Waals surface area contributed by atoms with Crippen molar-refractivity contribution in [1.29, 1.82) is 0 Å². The van der Waals surface area contributed by atoms with Crippen molar-refractivity contribution in [2.24, 2.45) is 11.7 Å². The lowest BCUT2D eigenvalue weighted by Crippen LogP contribution is -2.34. The van der Waals surface area contributed by atoms with Crippen molar-refractivity contribution in [3.8, 4) is 0 Å². The minimum atomic E-state index is 0.0497. The molecule has 2 unspecified atom stereocenters. The van der Waals surface area contributed by atoms with Gasteiger partial charge in [0.1, 0.15) is 5.76 Å². The maximum atomic E-state index is 12.3. The Morgan fingerprint density at radius 2 is 2.16 bits per heavy atom. The molecule has 0 radical (unpaired) electrons.